The molecule has 0 saturated carbocycles. The second kappa shape index (κ2) is 8.68. The second-order valence-corrected chi connectivity index (χ2v) is 7.51. The van der Waals surface area contributed by atoms with Gasteiger partial charge >= 0.3 is 0 Å². The van der Waals surface area contributed by atoms with Gasteiger partial charge in [-0.05, 0) is 30.2 Å². The number of hydrogen-bond donors (Lipinski definition) is 3. The van der Waals surface area contributed by atoms with Gasteiger partial charge in [0.05, 0.1) is 13.0 Å². The molecule has 3 heterocycles. The summed E-state index contributed by atoms with van der Waals surface area (Å²) in [5.41, 5.74) is 9.06. The van der Waals surface area contributed by atoms with Crippen LogP contribution in [0.2, 0.25) is 0 Å². The van der Waals surface area contributed by atoms with E-state index in [2.05, 4.69) is 25.6 Å². The summed E-state index contributed by atoms with van der Waals surface area (Å²) in [5, 5.41) is 10.4. The molecule has 9 heteroatoms. The molecular formula is C21H27N7O2. The van der Waals surface area contributed by atoms with Crippen molar-refractivity contribution in [3.8, 4) is 5.75 Å². The molecule has 4 N–H and O–H groups in total. The minimum atomic E-state index is -0.205. The molecular weight excluding hydrogens is 382 g/mol. The first-order valence-electron chi connectivity index (χ1n) is 10.0. The average molecular weight is 409 g/mol. The van der Waals surface area contributed by atoms with Crippen LogP contribution in [0.1, 0.15) is 12.0 Å². The lowest BCUT2D eigenvalue weighted by Gasteiger charge is -2.35. The number of likely N-dealkylation sites (tertiary alicyclic amines) is 1. The van der Waals surface area contributed by atoms with Gasteiger partial charge in [-0.15, -0.1) is 0 Å². The lowest BCUT2D eigenvalue weighted by Crippen LogP contribution is -2.52. The van der Waals surface area contributed by atoms with Gasteiger partial charge in [-0.1, -0.05) is 6.07 Å². The highest BCUT2D eigenvalue weighted by molar-refractivity contribution is 5.79. The van der Waals surface area contributed by atoms with Gasteiger partial charge in [0.1, 0.15) is 17.6 Å². The van der Waals surface area contributed by atoms with Crippen molar-refractivity contribution < 1.29 is 9.53 Å². The number of piperidine rings is 1. The first kappa shape index (κ1) is 20.1. The highest BCUT2D eigenvalue weighted by Gasteiger charge is 2.31. The van der Waals surface area contributed by atoms with E-state index in [-0.39, 0.29) is 17.9 Å². The van der Waals surface area contributed by atoms with Crippen LogP contribution in [0.25, 0.3) is 5.52 Å². The molecule has 9 nitrogen and oxygen atoms in total. The Morgan fingerprint density at radius 3 is 3.03 bits per heavy atom. The van der Waals surface area contributed by atoms with E-state index in [1.54, 1.807) is 14.2 Å². The molecule has 3 aromatic rings. The summed E-state index contributed by atoms with van der Waals surface area (Å²) >= 11 is 0. The van der Waals surface area contributed by atoms with E-state index in [1.807, 2.05) is 41.0 Å². The Bertz CT molecular complexity index is 1040. The van der Waals surface area contributed by atoms with Crippen molar-refractivity contribution in [2.75, 3.05) is 32.6 Å². The molecule has 1 unspecified atom stereocenters. The number of carbonyl (C=O) groups is 1. The smallest absolute Gasteiger partial charge is 0.225 e. The van der Waals surface area contributed by atoms with E-state index in [0.29, 0.717) is 13.1 Å². The summed E-state index contributed by atoms with van der Waals surface area (Å²) in [6, 6.07) is 9.64. The zero-order chi connectivity index (χ0) is 21.1. The number of hydrogen-bond acceptors (Lipinski definition) is 7. The standard InChI is InChI=1S/C21H27N7O2/c1-23-21(29)17-12-27(8-7-18(17)22)11-14-6-9-28-19(14)20(24-13-25-28)26-15-4-3-5-16(10-15)30-2/h3-6,9-10,13,17-18H,7-8,11-12,22H2,1-2H3,(H,23,29)(H,24,25,26)/t17-,18?/m0/s1. The minimum absolute atomic E-state index is 0.00217. The molecule has 2 atom stereocenters. The summed E-state index contributed by atoms with van der Waals surface area (Å²) in [6.07, 6.45) is 4.24. The van der Waals surface area contributed by atoms with Crippen LogP contribution in [-0.4, -0.2) is 58.7 Å². The molecule has 1 aromatic carbocycles. The number of nitrogens with zero attached hydrogens (tertiary/aromatic N) is 4. The van der Waals surface area contributed by atoms with E-state index in [1.165, 1.54) is 6.33 Å². The summed E-state index contributed by atoms with van der Waals surface area (Å²) in [4.78, 5) is 18.9. The lowest BCUT2D eigenvalue weighted by molar-refractivity contribution is -0.126. The Hall–Kier alpha value is -3.17. The Balaban J connectivity index is 1.59. The van der Waals surface area contributed by atoms with E-state index < -0.39 is 0 Å². The van der Waals surface area contributed by atoms with Crippen LogP contribution >= 0.6 is 0 Å². The van der Waals surface area contributed by atoms with Crippen molar-refractivity contribution in [2.24, 2.45) is 11.7 Å². The van der Waals surface area contributed by atoms with Crippen molar-refractivity contribution in [3.05, 3.63) is 48.4 Å². The third-order valence-corrected chi connectivity index (χ3v) is 5.60. The fourth-order valence-corrected chi connectivity index (χ4v) is 3.96. The molecule has 1 amide bonds. The first-order chi connectivity index (χ1) is 14.6. The molecule has 0 bridgehead atoms. The fourth-order valence-electron chi connectivity index (χ4n) is 3.96. The van der Waals surface area contributed by atoms with Gasteiger partial charge in [0.15, 0.2) is 5.82 Å². The van der Waals surface area contributed by atoms with Crippen molar-refractivity contribution in [2.45, 2.75) is 19.0 Å². The number of ether oxygens (including phenoxy) is 1. The van der Waals surface area contributed by atoms with E-state index in [0.717, 1.165) is 41.3 Å². The number of nitrogens with one attached hydrogen (secondary N) is 2. The minimum Gasteiger partial charge on any atom is -0.497 e. The number of nitrogens with two attached hydrogens (primary N) is 1. The molecule has 158 valence electrons. The number of carbonyl (C=O) groups excluding carboxylic acids is 1. The molecule has 0 radical (unpaired) electrons. The van der Waals surface area contributed by atoms with Gasteiger partial charge in [-0.3, -0.25) is 9.69 Å². The van der Waals surface area contributed by atoms with Crippen molar-refractivity contribution >= 4 is 22.9 Å². The van der Waals surface area contributed by atoms with Gasteiger partial charge in [0.25, 0.3) is 0 Å². The van der Waals surface area contributed by atoms with Crippen LogP contribution in [0.15, 0.2) is 42.9 Å². The Kier molecular flexibility index (Phi) is 5.82. The van der Waals surface area contributed by atoms with Crippen molar-refractivity contribution in [3.63, 3.8) is 0 Å². The highest BCUT2D eigenvalue weighted by atomic mass is 16.5. The molecule has 0 aliphatic carbocycles. The maximum atomic E-state index is 12.2. The maximum absolute atomic E-state index is 12.2. The van der Waals surface area contributed by atoms with Crippen molar-refractivity contribution in [1.29, 1.82) is 0 Å². The Morgan fingerprint density at radius 2 is 2.23 bits per heavy atom. The van der Waals surface area contributed by atoms with Crippen LogP contribution in [0.3, 0.4) is 0 Å². The summed E-state index contributed by atoms with van der Waals surface area (Å²) in [6.45, 7) is 2.17. The molecule has 1 aliphatic rings. The molecule has 1 aliphatic heterocycles. The van der Waals surface area contributed by atoms with Crippen LogP contribution in [-0.2, 0) is 11.3 Å². The van der Waals surface area contributed by atoms with Crippen LogP contribution in [0.5, 0.6) is 5.75 Å². The number of fused-ring (bicyclic) bond motifs is 1. The molecule has 1 saturated heterocycles. The van der Waals surface area contributed by atoms with E-state index in [4.69, 9.17) is 10.5 Å². The number of anilines is 2. The number of amides is 1. The predicted octanol–water partition coefficient (Wildman–Crippen LogP) is 1.38. The third kappa shape index (κ3) is 4.07. The van der Waals surface area contributed by atoms with E-state index >= 15 is 0 Å². The summed E-state index contributed by atoms with van der Waals surface area (Å²) < 4.78 is 7.13. The molecule has 0 spiro atoms. The third-order valence-electron chi connectivity index (χ3n) is 5.60. The van der Waals surface area contributed by atoms with E-state index in [9.17, 15) is 4.79 Å². The first-order valence-corrected chi connectivity index (χ1v) is 10.0. The quantitative estimate of drug-likeness (QED) is 0.564. The normalized spacial score (nSPS) is 19.6. The van der Waals surface area contributed by atoms with Crippen molar-refractivity contribution in [1.82, 2.24) is 24.8 Å². The zero-order valence-corrected chi connectivity index (χ0v) is 17.2. The monoisotopic (exact) mass is 409 g/mol. The van der Waals surface area contributed by atoms with Gasteiger partial charge in [-0.2, -0.15) is 5.10 Å². The maximum Gasteiger partial charge on any atom is 0.225 e. The molecule has 30 heavy (non-hydrogen) atoms. The molecule has 2 aromatic heterocycles. The lowest BCUT2D eigenvalue weighted by atomic mass is 9.92. The number of methoxy groups -OCH3 is 1. The summed E-state index contributed by atoms with van der Waals surface area (Å²) in [5.74, 6) is 1.28. The van der Waals surface area contributed by atoms with Gasteiger partial charge in [0.2, 0.25) is 5.91 Å². The Morgan fingerprint density at radius 1 is 1.37 bits per heavy atom. The molecule has 1 fully saturated rings. The SMILES string of the molecule is CNC(=O)[C@H]1CN(Cc2ccn3ncnc(Nc4cccc(OC)c4)c23)CCC1N. The predicted molar refractivity (Wildman–Crippen MR) is 115 cm³/mol. The average Bonchev–Trinajstić information content (AvgIpc) is 3.18. The number of benzene rings is 1. The number of aromatic nitrogens is 3. The van der Waals surface area contributed by atoms with Crippen LogP contribution in [0, 0.1) is 5.92 Å². The Labute approximate surface area is 175 Å². The van der Waals surface area contributed by atoms with Gasteiger partial charge in [0, 0.05) is 50.7 Å². The summed E-state index contributed by atoms with van der Waals surface area (Å²) in [7, 11) is 3.30. The second-order valence-electron chi connectivity index (χ2n) is 7.51. The molecule has 4 rings (SSSR count). The largest absolute Gasteiger partial charge is 0.497 e. The fraction of sp³-hybridized carbons (Fsp3) is 0.381. The van der Waals surface area contributed by atoms with Gasteiger partial charge < -0.3 is 21.1 Å². The van der Waals surface area contributed by atoms with Crippen LogP contribution < -0.4 is 21.1 Å². The topological polar surface area (TPSA) is 110 Å². The van der Waals surface area contributed by atoms with Crippen LogP contribution in [0.4, 0.5) is 11.5 Å². The van der Waals surface area contributed by atoms with Gasteiger partial charge in [-0.25, -0.2) is 9.50 Å². The zero-order valence-electron chi connectivity index (χ0n) is 17.2. The highest BCUT2D eigenvalue weighted by Crippen LogP contribution is 2.27. The number of rotatable bonds is 6.